The predicted molar refractivity (Wildman–Crippen MR) is 104 cm³/mol. The van der Waals surface area contributed by atoms with Crippen LogP contribution in [-0.4, -0.2) is 13.1 Å². The molecule has 0 amide bonds. The lowest BCUT2D eigenvalue weighted by molar-refractivity contribution is -0.255. The molecule has 0 aliphatic rings. The van der Waals surface area contributed by atoms with Gasteiger partial charge >= 0.3 is 0 Å². The van der Waals surface area contributed by atoms with E-state index in [0.29, 0.717) is 17.0 Å². The van der Waals surface area contributed by atoms with Crippen molar-refractivity contribution in [3.8, 4) is 17.1 Å². The molecule has 5 heteroatoms. The summed E-state index contributed by atoms with van der Waals surface area (Å²) in [6.07, 6.45) is 0. The number of aromatic carboxylic acids is 1. The van der Waals surface area contributed by atoms with Gasteiger partial charge in [-0.25, -0.2) is 4.99 Å². The Balaban J connectivity index is 1.87. The number of carbonyl (C=O) groups excluding carboxylic acids is 1. The average Bonchev–Trinajstić information content (AvgIpc) is 2.74. The number of rotatable bonds is 4. The molecule has 4 rings (SSSR count). The number of hydrogen-bond donors (Lipinski definition) is 0. The van der Waals surface area contributed by atoms with E-state index in [9.17, 15) is 9.90 Å². The van der Waals surface area contributed by atoms with Crippen LogP contribution in [0, 0.1) is 0 Å². The molecule has 28 heavy (non-hydrogen) atoms. The third-order valence-corrected chi connectivity index (χ3v) is 4.38. The van der Waals surface area contributed by atoms with Crippen LogP contribution < -0.4 is 15.2 Å². The molecule has 0 saturated carbocycles. The molecule has 0 saturated heterocycles. The Morgan fingerprint density at radius 2 is 1.68 bits per heavy atom. The minimum atomic E-state index is -1.21. The zero-order valence-corrected chi connectivity index (χ0v) is 15.1. The van der Waals surface area contributed by atoms with E-state index in [0.717, 1.165) is 22.1 Å². The van der Waals surface area contributed by atoms with Crippen LogP contribution in [0.15, 0.2) is 88.3 Å². The average molecular weight is 370 g/mol. The Labute approximate surface area is 161 Å². The van der Waals surface area contributed by atoms with Gasteiger partial charge in [0.05, 0.1) is 24.1 Å². The maximum absolute atomic E-state index is 10.9. The molecule has 0 radical (unpaired) electrons. The van der Waals surface area contributed by atoms with Crippen LogP contribution in [0.2, 0.25) is 0 Å². The highest BCUT2D eigenvalue weighted by Crippen LogP contribution is 2.24. The van der Waals surface area contributed by atoms with Crippen molar-refractivity contribution < 1.29 is 19.1 Å². The van der Waals surface area contributed by atoms with Crippen LogP contribution in [0.4, 0.5) is 5.69 Å². The second-order valence-corrected chi connectivity index (χ2v) is 6.17. The largest absolute Gasteiger partial charge is 0.545 e. The van der Waals surface area contributed by atoms with Gasteiger partial charge in [0.15, 0.2) is 0 Å². The van der Waals surface area contributed by atoms with Gasteiger partial charge in [0.1, 0.15) is 17.1 Å². The predicted octanol–water partition coefficient (Wildman–Crippen LogP) is 3.70. The van der Waals surface area contributed by atoms with Crippen LogP contribution >= 0.6 is 0 Å². The van der Waals surface area contributed by atoms with Crippen molar-refractivity contribution in [2.24, 2.45) is 4.99 Å². The molecule has 0 fully saturated rings. The fourth-order valence-electron chi connectivity index (χ4n) is 2.92. The van der Waals surface area contributed by atoms with Crippen LogP contribution in [0.3, 0.4) is 0 Å². The van der Waals surface area contributed by atoms with Gasteiger partial charge in [-0.3, -0.25) is 0 Å². The molecule has 4 aromatic rings. The lowest BCUT2D eigenvalue weighted by Gasteiger charge is -2.06. The van der Waals surface area contributed by atoms with E-state index < -0.39 is 5.97 Å². The van der Waals surface area contributed by atoms with Gasteiger partial charge in [-0.15, -0.1) is 0 Å². The Hall–Kier alpha value is -3.86. The minimum absolute atomic E-state index is 0.116. The van der Waals surface area contributed by atoms with Gasteiger partial charge < -0.3 is 19.1 Å². The van der Waals surface area contributed by atoms with Gasteiger partial charge in [-0.2, -0.15) is 0 Å². The second kappa shape index (κ2) is 7.40. The summed E-state index contributed by atoms with van der Waals surface area (Å²) in [4.78, 5) is 15.6. The highest BCUT2D eigenvalue weighted by Gasteiger charge is 2.06. The smallest absolute Gasteiger partial charge is 0.136 e. The summed E-state index contributed by atoms with van der Waals surface area (Å²) in [6, 6.07) is 23.4. The molecule has 1 aromatic heterocycles. The number of benzene rings is 3. The Kier molecular flexibility index (Phi) is 4.64. The second-order valence-electron chi connectivity index (χ2n) is 6.17. The zero-order valence-electron chi connectivity index (χ0n) is 15.1. The topological polar surface area (TPSA) is 74.9 Å². The molecule has 0 aliphatic heterocycles. The fourth-order valence-corrected chi connectivity index (χ4v) is 2.92. The monoisotopic (exact) mass is 370 g/mol. The number of hydrogen-bond acceptors (Lipinski definition) is 5. The van der Waals surface area contributed by atoms with Gasteiger partial charge in [-0.1, -0.05) is 24.3 Å². The van der Waals surface area contributed by atoms with Crippen LogP contribution in [0.1, 0.15) is 10.4 Å². The van der Waals surface area contributed by atoms with E-state index in [1.165, 1.54) is 12.1 Å². The molecular weight excluding hydrogens is 354 g/mol. The molecule has 0 aliphatic carbocycles. The highest BCUT2D eigenvalue weighted by atomic mass is 16.5. The molecule has 0 unspecified atom stereocenters. The number of carbonyl (C=O) groups is 1. The fraction of sp³-hybridized carbons (Fsp3) is 0.0435. The summed E-state index contributed by atoms with van der Waals surface area (Å²) < 4.78 is 11.3. The van der Waals surface area contributed by atoms with E-state index in [1.54, 1.807) is 19.2 Å². The van der Waals surface area contributed by atoms with E-state index >= 15 is 0 Å². The Morgan fingerprint density at radius 3 is 2.36 bits per heavy atom. The van der Waals surface area contributed by atoms with Crippen molar-refractivity contribution in [2.75, 3.05) is 7.11 Å². The maximum atomic E-state index is 10.9. The first-order valence-corrected chi connectivity index (χ1v) is 8.67. The van der Waals surface area contributed by atoms with Gasteiger partial charge in [0.25, 0.3) is 0 Å². The van der Waals surface area contributed by atoms with Crippen molar-refractivity contribution in [2.45, 2.75) is 0 Å². The van der Waals surface area contributed by atoms with Gasteiger partial charge in [0.2, 0.25) is 0 Å². The molecule has 0 atom stereocenters. The first kappa shape index (κ1) is 17.5. The molecule has 0 spiro atoms. The quantitative estimate of drug-likeness (QED) is 0.549. The lowest BCUT2D eigenvalue weighted by atomic mass is 10.1. The third kappa shape index (κ3) is 3.50. The number of fused-ring (bicyclic) bond motifs is 1. The van der Waals surface area contributed by atoms with E-state index in [-0.39, 0.29) is 5.56 Å². The third-order valence-electron chi connectivity index (χ3n) is 4.38. The molecular formula is C23H16NO4-. The number of ether oxygens (including phenoxy) is 1. The number of carboxylic acid groups (broad SMARTS) is 1. The molecule has 5 nitrogen and oxygen atoms in total. The first-order chi connectivity index (χ1) is 13.6. The zero-order chi connectivity index (χ0) is 19.5. The van der Waals surface area contributed by atoms with Gasteiger partial charge in [-0.05, 0) is 54.1 Å². The number of para-hydroxylation sites is 1. The van der Waals surface area contributed by atoms with Crippen LogP contribution in [0.25, 0.3) is 22.3 Å². The van der Waals surface area contributed by atoms with Crippen molar-refractivity contribution in [3.05, 3.63) is 89.8 Å². The molecule has 1 heterocycles. The maximum Gasteiger partial charge on any atom is 0.136 e. The summed E-state index contributed by atoms with van der Waals surface area (Å²) in [5, 5.41) is 12.5. The highest BCUT2D eigenvalue weighted by molar-refractivity contribution is 5.86. The van der Waals surface area contributed by atoms with E-state index in [2.05, 4.69) is 0 Å². The van der Waals surface area contributed by atoms with Crippen molar-refractivity contribution in [3.63, 3.8) is 0 Å². The Bertz CT molecular complexity index is 1210. The summed E-state index contributed by atoms with van der Waals surface area (Å²) in [7, 11) is 1.62. The number of nitrogens with zero attached hydrogens (tertiary/aromatic N) is 1. The number of carboxylic acids is 1. The summed E-state index contributed by atoms with van der Waals surface area (Å²) in [5.41, 5.74) is 2.36. The van der Waals surface area contributed by atoms with E-state index in [4.69, 9.17) is 14.1 Å². The normalized spacial score (nSPS) is 11.5. The van der Waals surface area contributed by atoms with Crippen LogP contribution in [-0.2, 0) is 0 Å². The van der Waals surface area contributed by atoms with Crippen molar-refractivity contribution in [1.29, 1.82) is 0 Å². The number of methoxy groups -OCH3 is 1. The molecule has 0 bridgehead atoms. The van der Waals surface area contributed by atoms with Crippen LogP contribution in [0.5, 0.6) is 5.75 Å². The molecule has 138 valence electrons. The van der Waals surface area contributed by atoms with Crippen molar-refractivity contribution >= 4 is 22.6 Å². The SMILES string of the molecule is COc1ccc(-c2cc(=Nc3ccc(C(=O)[O-])cc3)c3ccccc3o2)cc1. The summed E-state index contributed by atoms with van der Waals surface area (Å²) in [6.45, 7) is 0. The Morgan fingerprint density at radius 1 is 0.964 bits per heavy atom. The molecule has 3 aromatic carbocycles. The van der Waals surface area contributed by atoms with Gasteiger partial charge in [0, 0.05) is 17.0 Å². The molecule has 0 N–H and O–H groups in total. The minimum Gasteiger partial charge on any atom is -0.545 e. The summed E-state index contributed by atoms with van der Waals surface area (Å²) >= 11 is 0. The first-order valence-electron chi connectivity index (χ1n) is 8.67. The summed E-state index contributed by atoms with van der Waals surface area (Å²) in [5.74, 6) is 0.228. The standard InChI is InChI=1S/C23H17NO4/c1-27-18-12-8-15(9-13-18)22-14-20(19-4-2-3-5-21(19)28-22)24-17-10-6-16(7-11-17)23(25)26/h2-14H,1H3,(H,25,26)/p-1. The van der Waals surface area contributed by atoms with Crippen molar-refractivity contribution in [1.82, 2.24) is 0 Å². The van der Waals surface area contributed by atoms with E-state index in [1.807, 2.05) is 54.6 Å². The lowest BCUT2D eigenvalue weighted by Crippen LogP contribution is -2.21.